The first-order valence-corrected chi connectivity index (χ1v) is 9.46. The third-order valence-electron chi connectivity index (χ3n) is 5.13. The molecule has 0 unspecified atom stereocenters. The van der Waals surface area contributed by atoms with E-state index in [0.29, 0.717) is 0 Å². The van der Waals surface area contributed by atoms with E-state index in [1.807, 2.05) is 27.7 Å². The summed E-state index contributed by atoms with van der Waals surface area (Å²) in [6.07, 6.45) is 0. The van der Waals surface area contributed by atoms with Gasteiger partial charge in [-0.05, 0) is 45.9 Å². The number of rotatable bonds is 1. The monoisotopic (exact) mass is 436 g/mol. The topological polar surface area (TPSA) is 158 Å². The Kier molecular flexibility index (Phi) is 5.68. The molecule has 4 N–H and O–H groups in total. The lowest BCUT2D eigenvalue weighted by Gasteiger charge is -2.19. The highest BCUT2D eigenvalue weighted by molar-refractivity contribution is 6.30. The van der Waals surface area contributed by atoms with Crippen LogP contribution in [0.1, 0.15) is 65.0 Å². The van der Waals surface area contributed by atoms with Gasteiger partial charge in [-0.25, -0.2) is 4.79 Å². The number of phenolic OH excluding ortho intramolecular Hbond substituents is 3. The number of ketones is 2. The summed E-state index contributed by atoms with van der Waals surface area (Å²) < 4.78 is 0. The molecule has 164 valence electrons. The number of fused-ring (bicyclic) bond motifs is 2. The first-order valence-electron chi connectivity index (χ1n) is 9.46. The van der Waals surface area contributed by atoms with Crippen molar-refractivity contribution in [3.63, 3.8) is 0 Å². The van der Waals surface area contributed by atoms with Crippen molar-refractivity contribution < 1.29 is 34.8 Å². The molecule has 0 spiro atoms. The maximum atomic E-state index is 12.4. The van der Waals surface area contributed by atoms with E-state index < -0.39 is 34.8 Å². The normalized spacial score (nSPS) is 11.9. The molecule has 3 aromatic rings. The molecule has 4 rings (SSSR count). The fraction of sp³-hybridized carbons (Fsp3) is 0.174. The molecule has 0 bridgehead atoms. The predicted molar refractivity (Wildman–Crippen MR) is 113 cm³/mol. The summed E-state index contributed by atoms with van der Waals surface area (Å²) >= 11 is 0. The fourth-order valence-electron chi connectivity index (χ4n) is 3.29. The van der Waals surface area contributed by atoms with Crippen LogP contribution in [0.25, 0.3) is 0 Å². The molecule has 1 heterocycles. The zero-order chi connectivity index (χ0) is 23.9. The Balaban J connectivity index is 0.000000243. The SMILES string of the molecule is Cc1nc(C)c(C)nc1C.O=C(O)c1cc(O)c2c(c1)C(=O)c1cc(O)cc(O)c1C2=O. The molecule has 0 atom stereocenters. The van der Waals surface area contributed by atoms with Crippen LogP contribution in [0.5, 0.6) is 17.2 Å². The molecule has 0 aliphatic heterocycles. The second-order valence-electron chi connectivity index (χ2n) is 7.33. The molecule has 9 heteroatoms. The minimum atomic E-state index is -1.37. The molecule has 1 aliphatic carbocycles. The van der Waals surface area contributed by atoms with Crippen LogP contribution in [0, 0.1) is 27.7 Å². The highest BCUT2D eigenvalue weighted by Crippen LogP contribution is 2.39. The lowest BCUT2D eigenvalue weighted by Crippen LogP contribution is -2.22. The highest BCUT2D eigenvalue weighted by Gasteiger charge is 2.35. The summed E-state index contributed by atoms with van der Waals surface area (Å²) in [4.78, 5) is 44.4. The molecule has 1 aromatic heterocycles. The number of hydrogen-bond donors (Lipinski definition) is 4. The van der Waals surface area contributed by atoms with Crippen LogP contribution < -0.4 is 0 Å². The third-order valence-corrected chi connectivity index (χ3v) is 5.13. The van der Waals surface area contributed by atoms with Crippen molar-refractivity contribution in [1.29, 1.82) is 0 Å². The first-order chi connectivity index (χ1) is 14.9. The van der Waals surface area contributed by atoms with Gasteiger partial charge < -0.3 is 20.4 Å². The Hall–Kier alpha value is -4.27. The minimum Gasteiger partial charge on any atom is -0.508 e. The van der Waals surface area contributed by atoms with Gasteiger partial charge in [-0.2, -0.15) is 0 Å². The van der Waals surface area contributed by atoms with E-state index in [2.05, 4.69) is 9.97 Å². The zero-order valence-electron chi connectivity index (χ0n) is 17.7. The summed E-state index contributed by atoms with van der Waals surface area (Å²) in [6.45, 7) is 7.92. The summed E-state index contributed by atoms with van der Waals surface area (Å²) in [5.74, 6) is -4.64. The minimum absolute atomic E-state index is 0.253. The van der Waals surface area contributed by atoms with E-state index >= 15 is 0 Å². The van der Waals surface area contributed by atoms with Crippen molar-refractivity contribution in [3.05, 3.63) is 74.9 Å². The number of aryl methyl sites for hydroxylation is 4. The van der Waals surface area contributed by atoms with Gasteiger partial charge in [0.1, 0.15) is 17.2 Å². The first kappa shape index (κ1) is 22.4. The molecule has 9 nitrogen and oxygen atoms in total. The number of carbonyl (C=O) groups excluding carboxylic acids is 2. The molecule has 0 amide bonds. The van der Waals surface area contributed by atoms with Crippen LogP contribution in [0.3, 0.4) is 0 Å². The van der Waals surface area contributed by atoms with Gasteiger partial charge in [-0.3, -0.25) is 19.6 Å². The van der Waals surface area contributed by atoms with Crippen LogP contribution in [-0.2, 0) is 0 Å². The maximum Gasteiger partial charge on any atom is 0.335 e. The summed E-state index contributed by atoms with van der Waals surface area (Å²) in [6, 6.07) is 3.73. The second kappa shape index (κ2) is 8.10. The van der Waals surface area contributed by atoms with Gasteiger partial charge in [0.15, 0.2) is 5.78 Å². The third kappa shape index (κ3) is 3.87. The van der Waals surface area contributed by atoms with Crippen molar-refractivity contribution in [3.8, 4) is 17.2 Å². The Morgan fingerprint density at radius 3 is 1.59 bits per heavy atom. The molecule has 0 saturated carbocycles. The molecular weight excluding hydrogens is 416 g/mol. The lowest BCUT2D eigenvalue weighted by molar-refractivity contribution is 0.0695. The van der Waals surface area contributed by atoms with Gasteiger partial charge in [0.2, 0.25) is 5.78 Å². The van der Waals surface area contributed by atoms with E-state index in [1.54, 1.807) is 0 Å². The van der Waals surface area contributed by atoms with E-state index in [0.717, 1.165) is 47.0 Å². The van der Waals surface area contributed by atoms with Crippen LogP contribution in [0.4, 0.5) is 0 Å². The number of carboxylic acid groups (broad SMARTS) is 1. The molecule has 0 saturated heterocycles. The van der Waals surface area contributed by atoms with Gasteiger partial charge in [-0.1, -0.05) is 0 Å². The lowest BCUT2D eigenvalue weighted by atomic mass is 9.82. The average molecular weight is 436 g/mol. The van der Waals surface area contributed by atoms with Crippen LogP contribution >= 0.6 is 0 Å². The quantitative estimate of drug-likeness (QED) is 0.352. The van der Waals surface area contributed by atoms with Gasteiger partial charge in [0.25, 0.3) is 0 Å². The molecule has 1 aliphatic rings. The maximum absolute atomic E-state index is 12.4. The van der Waals surface area contributed by atoms with Gasteiger partial charge >= 0.3 is 5.97 Å². The van der Waals surface area contributed by atoms with Crippen molar-refractivity contribution in [2.75, 3.05) is 0 Å². The molecule has 0 radical (unpaired) electrons. The Morgan fingerprint density at radius 1 is 0.688 bits per heavy atom. The molecule has 2 aromatic carbocycles. The van der Waals surface area contributed by atoms with E-state index in [9.17, 15) is 29.7 Å². The van der Waals surface area contributed by atoms with Crippen LogP contribution in [-0.4, -0.2) is 47.9 Å². The largest absolute Gasteiger partial charge is 0.508 e. The van der Waals surface area contributed by atoms with Crippen LogP contribution in [0.15, 0.2) is 24.3 Å². The second-order valence-corrected chi connectivity index (χ2v) is 7.33. The highest BCUT2D eigenvalue weighted by atomic mass is 16.4. The van der Waals surface area contributed by atoms with E-state index in [1.165, 1.54) is 0 Å². The van der Waals surface area contributed by atoms with Crippen LogP contribution in [0.2, 0.25) is 0 Å². The smallest absolute Gasteiger partial charge is 0.335 e. The Labute approximate surface area is 182 Å². The summed E-state index contributed by atoms with van der Waals surface area (Å²) in [5, 5.41) is 38.1. The summed E-state index contributed by atoms with van der Waals surface area (Å²) in [5.41, 5.74) is 2.51. The molecule has 32 heavy (non-hydrogen) atoms. The number of aromatic hydroxyl groups is 3. The van der Waals surface area contributed by atoms with Gasteiger partial charge in [-0.15, -0.1) is 0 Å². The van der Waals surface area contributed by atoms with E-state index in [4.69, 9.17) is 5.11 Å². The number of nitrogens with zero attached hydrogens (tertiary/aromatic N) is 2. The fourth-order valence-corrected chi connectivity index (χ4v) is 3.29. The van der Waals surface area contributed by atoms with Crippen molar-refractivity contribution in [1.82, 2.24) is 9.97 Å². The number of aromatic carboxylic acids is 1. The number of hydrogen-bond acceptors (Lipinski definition) is 8. The standard InChI is InChI=1S/C15H8O7.C8H12N2/c16-6-3-8-12(10(18)4-6)14(20)11-7(13(8)19)1-5(15(21)22)2-9(11)17;1-5-6(2)10-8(4)7(3)9-5/h1-4,16-18H,(H,21,22);1-4H3. The van der Waals surface area contributed by atoms with Crippen molar-refractivity contribution in [2.24, 2.45) is 0 Å². The van der Waals surface area contributed by atoms with Gasteiger partial charge in [0, 0.05) is 17.2 Å². The number of carboxylic acids is 1. The van der Waals surface area contributed by atoms with Crippen molar-refractivity contribution >= 4 is 17.5 Å². The number of aromatic nitrogens is 2. The Bertz CT molecular complexity index is 1260. The van der Waals surface area contributed by atoms with Crippen molar-refractivity contribution in [2.45, 2.75) is 27.7 Å². The van der Waals surface area contributed by atoms with E-state index in [-0.39, 0.29) is 27.8 Å². The molecular formula is C23H20N2O7. The van der Waals surface area contributed by atoms with Gasteiger partial charge in [0.05, 0.1) is 39.5 Å². The number of carbonyl (C=O) groups is 3. The Morgan fingerprint density at radius 2 is 1.12 bits per heavy atom. The predicted octanol–water partition coefficient (Wildman–Crippen LogP) is 2.99. The zero-order valence-corrected chi connectivity index (χ0v) is 17.7. The summed E-state index contributed by atoms with van der Waals surface area (Å²) in [7, 11) is 0. The number of benzene rings is 2. The average Bonchev–Trinajstić information content (AvgIpc) is 2.70. The number of phenols is 3. The molecule has 0 fully saturated rings.